The number of benzene rings is 1. The number of hydrogen-bond acceptors (Lipinski definition) is 3. The molecule has 0 radical (unpaired) electrons. The zero-order valence-corrected chi connectivity index (χ0v) is 9.97. The second-order valence-electron chi connectivity index (χ2n) is 3.84. The van der Waals surface area contributed by atoms with Gasteiger partial charge in [0, 0.05) is 0 Å². The maximum atomic E-state index is 11.5. The van der Waals surface area contributed by atoms with Crippen molar-refractivity contribution in [2.45, 2.75) is 20.3 Å². The van der Waals surface area contributed by atoms with E-state index in [9.17, 15) is 9.59 Å². The summed E-state index contributed by atoms with van der Waals surface area (Å²) >= 11 is 0. The van der Waals surface area contributed by atoms with E-state index in [0.717, 1.165) is 11.1 Å². The van der Waals surface area contributed by atoms with Crippen molar-refractivity contribution in [3.8, 4) is 0 Å². The molecule has 92 valence electrons. The van der Waals surface area contributed by atoms with Crippen LogP contribution in [-0.4, -0.2) is 23.7 Å². The second kappa shape index (κ2) is 6.03. The van der Waals surface area contributed by atoms with Crippen LogP contribution in [-0.2, 0) is 20.7 Å². The molecule has 0 fully saturated rings. The molecule has 0 saturated carbocycles. The topological polar surface area (TPSA) is 63.6 Å². The Morgan fingerprint density at radius 3 is 2.65 bits per heavy atom. The van der Waals surface area contributed by atoms with Crippen LogP contribution in [0.1, 0.15) is 18.1 Å². The number of hydrogen-bond donors (Lipinski definition) is 1. The van der Waals surface area contributed by atoms with Gasteiger partial charge in [0.05, 0.1) is 6.61 Å². The van der Waals surface area contributed by atoms with Crippen molar-refractivity contribution >= 4 is 11.9 Å². The normalized spacial score (nSPS) is 11.9. The number of carboxylic acids is 1. The zero-order valence-electron chi connectivity index (χ0n) is 9.97. The lowest BCUT2D eigenvalue weighted by atomic mass is 9.98. The summed E-state index contributed by atoms with van der Waals surface area (Å²) in [5.74, 6) is -2.96. The summed E-state index contributed by atoms with van der Waals surface area (Å²) in [4.78, 5) is 22.5. The lowest BCUT2D eigenvalue weighted by molar-refractivity contribution is -0.158. The lowest BCUT2D eigenvalue weighted by Crippen LogP contribution is -2.27. The molecule has 0 aliphatic heterocycles. The number of rotatable bonds is 5. The van der Waals surface area contributed by atoms with Crippen LogP contribution in [0.5, 0.6) is 0 Å². The number of ether oxygens (including phenoxy) is 1. The van der Waals surface area contributed by atoms with Gasteiger partial charge in [-0.25, -0.2) is 0 Å². The Morgan fingerprint density at radius 1 is 1.41 bits per heavy atom. The summed E-state index contributed by atoms with van der Waals surface area (Å²) in [6.45, 7) is 3.77. The Balaban J connectivity index is 2.80. The molecule has 1 rings (SSSR count). The van der Waals surface area contributed by atoms with Crippen LogP contribution in [0.15, 0.2) is 24.3 Å². The third kappa shape index (κ3) is 3.90. The van der Waals surface area contributed by atoms with Gasteiger partial charge in [-0.1, -0.05) is 29.8 Å². The SMILES string of the molecule is CCOC(=O)C(Cc1cccc(C)c1)C(=O)O. The van der Waals surface area contributed by atoms with Crippen LogP contribution < -0.4 is 0 Å². The zero-order chi connectivity index (χ0) is 12.8. The van der Waals surface area contributed by atoms with E-state index in [2.05, 4.69) is 0 Å². The highest BCUT2D eigenvalue weighted by molar-refractivity contribution is 5.94. The fourth-order valence-electron chi connectivity index (χ4n) is 1.59. The van der Waals surface area contributed by atoms with Crippen molar-refractivity contribution in [2.75, 3.05) is 6.61 Å². The van der Waals surface area contributed by atoms with Crippen molar-refractivity contribution in [2.24, 2.45) is 5.92 Å². The third-order valence-electron chi connectivity index (χ3n) is 2.39. The smallest absolute Gasteiger partial charge is 0.320 e. The summed E-state index contributed by atoms with van der Waals surface area (Å²) in [5.41, 5.74) is 1.86. The predicted octanol–water partition coefficient (Wildman–Crippen LogP) is 1.80. The number of carboxylic acid groups (broad SMARTS) is 1. The van der Waals surface area contributed by atoms with Gasteiger partial charge >= 0.3 is 11.9 Å². The van der Waals surface area contributed by atoms with Gasteiger partial charge in [-0.3, -0.25) is 9.59 Å². The summed E-state index contributed by atoms with van der Waals surface area (Å²) in [7, 11) is 0. The maximum absolute atomic E-state index is 11.5. The first kappa shape index (κ1) is 13.2. The average molecular weight is 236 g/mol. The molecule has 0 aromatic heterocycles. The van der Waals surface area contributed by atoms with Gasteiger partial charge in [0.15, 0.2) is 5.92 Å². The van der Waals surface area contributed by atoms with Crippen LogP contribution in [0.2, 0.25) is 0 Å². The minimum atomic E-state index is -1.15. The Morgan fingerprint density at radius 2 is 2.12 bits per heavy atom. The van der Waals surface area contributed by atoms with E-state index < -0.39 is 17.9 Å². The molecule has 1 N–H and O–H groups in total. The average Bonchev–Trinajstić information content (AvgIpc) is 2.26. The van der Waals surface area contributed by atoms with Crippen molar-refractivity contribution in [3.05, 3.63) is 35.4 Å². The first-order chi connectivity index (χ1) is 8.04. The van der Waals surface area contributed by atoms with Gasteiger partial charge in [-0.05, 0) is 25.8 Å². The molecule has 0 spiro atoms. The van der Waals surface area contributed by atoms with Crippen molar-refractivity contribution < 1.29 is 19.4 Å². The quantitative estimate of drug-likeness (QED) is 0.625. The Bertz CT molecular complexity index is 412. The maximum Gasteiger partial charge on any atom is 0.320 e. The van der Waals surface area contributed by atoms with E-state index in [1.165, 1.54) is 0 Å². The van der Waals surface area contributed by atoms with E-state index in [0.29, 0.717) is 0 Å². The number of aryl methyl sites for hydroxylation is 1. The molecular weight excluding hydrogens is 220 g/mol. The van der Waals surface area contributed by atoms with Crippen LogP contribution in [0.3, 0.4) is 0 Å². The predicted molar refractivity (Wildman–Crippen MR) is 62.6 cm³/mol. The van der Waals surface area contributed by atoms with Gasteiger partial charge in [-0.2, -0.15) is 0 Å². The van der Waals surface area contributed by atoms with Crippen LogP contribution in [0, 0.1) is 12.8 Å². The first-order valence-electron chi connectivity index (χ1n) is 5.49. The summed E-state index contributed by atoms with van der Waals surface area (Å²) in [6, 6.07) is 7.44. The largest absolute Gasteiger partial charge is 0.481 e. The monoisotopic (exact) mass is 236 g/mol. The third-order valence-corrected chi connectivity index (χ3v) is 2.39. The molecule has 1 aromatic carbocycles. The Hall–Kier alpha value is -1.84. The van der Waals surface area contributed by atoms with Gasteiger partial charge in [0.1, 0.15) is 0 Å². The van der Waals surface area contributed by atoms with Gasteiger partial charge in [0.2, 0.25) is 0 Å². The van der Waals surface area contributed by atoms with Gasteiger partial charge in [-0.15, -0.1) is 0 Å². The number of esters is 1. The van der Waals surface area contributed by atoms with E-state index in [1.807, 2.05) is 31.2 Å². The van der Waals surface area contributed by atoms with E-state index in [1.54, 1.807) is 6.92 Å². The van der Waals surface area contributed by atoms with Gasteiger partial charge in [0.25, 0.3) is 0 Å². The molecule has 0 amide bonds. The molecule has 0 heterocycles. The van der Waals surface area contributed by atoms with Crippen LogP contribution in [0.4, 0.5) is 0 Å². The van der Waals surface area contributed by atoms with E-state index in [-0.39, 0.29) is 13.0 Å². The highest BCUT2D eigenvalue weighted by Gasteiger charge is 2.27. The Kier molecular flexibility index (Phi) is 4.69. The number of carbonyl (C=O) groups is 2. The minimum Gasteiger partial charge on any atom is -0.481 e. The van der Waals surface area contributed by atoms with E-state index >= 15 is 0 Å². The molecule has 4 heteroatoms. The standard InChI is InChI=1S/C13H16O4/c1-3-17-13(16)11(12(14)15)8-10-6-4-5-9(2)7-10/h4-7,11H,3,8H2,1-2H3,(H,14,15). The lowest BCUT2D eigenvalue weighted by Gasteiger charge is -2.11. The number of carbonyl (C=O) groups excluding carboxylic acids is 1. The first-order valence-corrected chi connectivity index (χ1v) is 5.49. The molecular formula is C13H16O4. The molecule has 1 aromatic rings. The molecule has 0 aliphatic rings. The van der Waals surface area contributed by atoms with Crippen LogP contribution >= 0.6 is 0 Å². The summed E-state index contributed by atoms with van der Waals surface area (Å²) in [6.07, 6.45) is 0.163. The van der Waals surface area contributed by atoms with Crippen molar-refractivity contribution in [1.82, 2.24) is 0 Å². The molecule has 0 saturated heterocycles. The molecule has 1 unspecified atom stereocenters. The fourth-order valence-corrected chi connectivity index (χ4v) is 1.59. The molecule has 4 nitrogen and oxygen atoms in total. The molecule has 17 heavy (non-hydrogen) atoms. The summed E-state index contributed by atoms with van der Waals surface area (Å²) in [5, 5.41) is 9.00. The van der Waals surface area contributed by atoms with Crippen molar-refractivity contribution in [3.63, 3.8) is 0 Å². The van der Waals surface area contributed by atoms with Crippen LogP contribution in [0.25, 0.3) is 0 Å². The van der Waals surface area contributed by atoms with Gasteiger partial charge < -0.3 is 9.84 Å². The van der Waals surface area contributed by atoms with E-state index in [4.69, 9.17) is 9.84 Å². The molecule has 0 aliphatic carbocycles. The highest BCUT2D eigenvalue weighted by Crippen LogP contribution is 2.12. The fraction of sp³-hybridized carbons (Fsp3) is 0.385. The number of aliphatic carboxylic acids is 1. The molecule has 1 atom stereocenters. The summed E-state index contributed by atoms with van der Waals surface area (Å²) < 4.78 is 4.75. The van der Waals surface area contributed by atoms with Crippen molar-refractivity contribution in [1.29, 1.82) is 0 Å². The minimum absolute atomic E-state index is 0.163. The Labute approximate surface area is 100 Å². The second-order valence-corrected chi connectivity index (χ2v) is 3.84. The highest BCUT2D eigenvalue weighted by atomic mass is 16.5. The molecule has 0 bridgehead atoms.